The van der Waals surface area contributed by atoms with E-state index in [1.54, 1.807) is 0 Å². The van der Waals surface area contributed by atoms with Gasteiger partial charge in [0.15, 0.2) is 0 Å². The summed E-state index contributed by atoms with van der Waals surface area (Å²) in [4.78, 5) is 10.7. The van der Waals surface area contributed by atoms with Crippen molar-refractivity contribution >= 4 is 5.91 Å². The van der Waals surface area contributed by atoms with Crippen LogP contribution >= 0.6 is 0 Å². The van der Waals surface area contributed by atoms with Gasteiger partial charge in [0, 0.05) is 25.6 Å². The predicted molar refractivity (Wildman–Crippen MR) is 44.7 cm³/mol. The summed E-state index contributed by atoms with van der Waals surface area (Å²) in [7, 11) is 0. The summed E-state index contributed by atoms with van der Waals surface area (Å²) in [6.07, 6.45) is -3.75. The minimum atomic E-state index is -4.11. The quantitative estimate of drug-likeness (QED) is 0.674. The summed E-state index contributed by atoms with van der Waals surface area (Å²) >= 11 is 0. The van der Waals surface area contributed by atoms with Crippen molar-refractivity contribution in [2.75, 3.05) is 13.1 Å². The van der Waals surface area contributed by atoms with Crippen LogP contribution in [0.2, 0.25) is 0 Å². The molecule has 0 radical (unpaired) electrons. The fraction of sp³-hybridized carbons (Fsp3) is 0.875. The van der Waals surface area contributed by atoms with Crippen molar-refractivity contribution in [3.63, 3.8) is 0 Å². The van der Waals surface area contributed by atoms with E-state index in [9.17, 15) is 18.0 Å². The van der Waals surface area contributed by atoms with E-state index in [2.05, 4.69) is 10.6 Å². The molecule has 1 saturated heterocycles. The molecule has 1 atom stereocenters. The zero-order valence-electron chi connectivity index (χ0n) is 7.66. The highest BCUT2D eigenvalue weighted by atomic mass is 19.4. The molecule has 1 amide bonds. The number of rotatable bonds is 4. The van der Waals surface area contributed by atoms with Crippen LogP contribution in [0.3, 0.4) is 0 Å². The zero-order valence-corrected chi connectivity index (χ0v) is 7.66. The molecular weight excluding hydrogens is 197 g/mol. The van der Waals surface area contributed by atoms with Crippen molar-refractivity contribution in [2.24, 2.45) is 0 Å². The first-order chi connectivity index (χ1) is 6.47. The summed E-state index contributed by atoms with van der Waals surface area (Å²) in [5.74, 6) is -0.0207. The van der Waals surface area contributed by atoms with Crippen LogP contribution in [0, 0.1) is 0 Å². The molecular formula is C8H13F3N2O. The summed E-state index contributed by atoms with van der Waals surface area (Å²) < 4.78 is 35.1. The van der Waals surface area contributed by atoms with Crippen molar-refractivity contribution < 1.29 is 18.0 Å². The molecule has 1 aliphatic rings. The molecule has 1 rings (SSSR count). The Bertz CT molecular complexity index is 205. The lowest BCUT2D eigenvalue weighted by Gasteiger charge is -2.11. The first-order valence-corrected chi connectivity index (χ1v) is 4.54. The number of alkyl halides is 3. The van der Waals surface area contributed by atoms with Gasteiger partial charge in [-0.25, -0.2) is 0 Å². The van der Waals surface area contributed by atoms with Gasteiger partial charge in [-0.1, -0.05) is 0 Å². The maximum Gasteiger partial charge on any atom is 0.390 e. The van der Waals surface area contributed by atoms with Crippen molar-refractivity contribution in [2.45, 2.75) is 31.5 Å². The monoisotopic (exact) mass is 210 g/mol. The first kappa shape index (κ1) is 11.3. The molecule has 1 heterocycles. The standard InChI is InChI=1S/C8H13F3N2O/c9-8(10,11)3-4-12-5-6-1-2-7(14)13-6/h6,12H,1-5H2,(H,13,14). The van der Waals surface area contributed by atoms with Crippen LogP contribution in [0.4, 0.5) is 13.2 Å². The van der Waals surface area contributed by atoms with E-state index in [0.29, 0.717) is 19.4 Å². The van der Waals surface area contributed by atoms with Crippen LogP contribution in [0.25, 0.3) is 0 Å². The molecule has 1 aliphatic heterocycles. The number of carbonyl (C=O) groups excluding carboxylic acids is 1. The normalized spacial score (nSPS) is 22.5. The number of hydrogen-bond acceptors (Lipinski definition) is 2. The van der Waals surface area contributed by atoms with E-state index < -0.39 is 12.6 Å². The van der Waals surface area contributed by atoms with E-state index in [1.807, 2.05) is 0 Å². The largest absolute Gasteiger partial charge is 0.390 e. The van der Waals surface area contributed by atoms with Crippen LogP contribution in [-0.4, -0.2) is 31.2 Å². The third-order valence-electron chi connectivity index (χ3n) is 2.06. The third kappa shape index (κ3) is 4.45. The minimum absolute atomic E-state index is 0.00395. The lowest BCUT2D eigenvalue weighted by Crippen LogP contribution is -2.36. The SMILES string of the molecule is O=C1CCC(CNCCC(F)(F)F)N1. The summed E-state index contributed by atoms with van der Waals surface area (Å²) in [5, 5.41) is 5.34. The van der Waals surface area contributed by atoms with E-state index in [4.69, 9.17) is 0 Å². The molecule has 0 aromatic rings. The Hall–Kier alpha value is -0.780. The van der Waals surface area contributed by atoms with Gasteiger partial charge >= 0.3 is 6.18 Å². The molecule has 6 heteroatoms. The lowest BCUT2D eigenvalue weighted by atomic mass is 10.2. The van der Waals surface area contributed by atoms with Crippen molar-refractivity contribution in [3.8, 4) is 0 Å². The van der Waals surface area contributed by atoms with Gasteiger partial charge in [-0.05, 0) is 6.42 Å². The van der Waals surface area contributed by atoms with Crippen LogP contribution in [0.1, 0.15) is 19.3 Å². The second-order valence-corrected chi connectivity index (χ2v) is 3.37. The zero-order chi connectivity index (χ0) is 10.6. The third-order valence-corrected chi connectivity index (χ3v) is 2.06. The van der Waals surface area contributed by atoms with Gasteiger partial charge in [-0.2, -0.15) is 13.2 Å². The van der Waals surface area contributed by atoms with Crippen molar-refractivity contribution in [3.05, 3.63) is 0 Å². The number of hydrogen-bond donors (Lipinski definition) is 2. The summed E-state index contributed by atoms with van der Waals surface area (Å²) in [5.41, 5.74) is 0. The highest BCUT2D eigenvalue weighted by Gasteiger charge is 2.26. The fourth-order valence-corrected chi connectivity index (χ4v) is 1.34. The Morgan fingerprint density at radius 3 is 2.71 bits per heavy atom. The van der Waals surface area contributed by atoms with Gasteiger partial charge in [0.05, 0.1) is 6.42 Å². The number of carbonyl (C=O) groups is 1. The fourth-order valence-electron chi connectivity index (χ4n) is 1.34. The average molecular weight is 210 g/mol. The van der Waals surface area contributed by atoms with Gasteiger partial charge in [0.1, 0.15) is 0 Å². The van der Waals surface area contributed by atoms with Gasteiger partial charge in [-0.15, -0.1) is 0 Å². The number of nitrogens with one attached hydrogen (secondary N) is 2. The van der Waals surface area contributed by atoms with Gasteiger partial charge in [0.2, 0.25) is 5.91 Å². The number of halogens is 3. The first-order valence-electron chi connectivity index (χ1n) is 4.54. The number of amides is 1. The van der Waals surface area contributed by atoms with E-state index >= 15 is 0 Å². The van der Waals surface area contributed by atoms with Gasteiger partial charge in [0.25, 0.3) is 0 Å². The Balaban J connectivity index is 2.02. The second kappa shape index (κ2) is 4.63. The Morgan fingerprint density at radius 2 is 2.21 bits per heavy atom. The second-order valence-electron chi connectivity index (χ2n) is 3.37. The van der Waals surface area contributed by atoms with E-state index in [0.717, 1.165) is 0 Å². The molecule has 1 unspecified atom stereocenters. The molecule has 0 aromatic heterocycles. The Labute approximate surface area is 80.0 Å². The van der Waals surface area contributed by atoms with Crippen LogP contribution in [0.5, 0.6) is 0 Å². The van der Waals surface area contributed by atoms with Crippen LogP contribution in [0.15, 0.2) is 0 Å². The highest BCUT2D eigenvalue weighted by Crippen LogP contribution is 2.18. The van der Waals surface area contributed by atoms with Crippen molar-refractivity contribution in [1.29, 1.82) is 0 Å². The maximum atomic E-state index is 11.7. The lowest BCUT2D eigenvalue weighted by molar-refractivity contribution is -0.133. The van der Waals surface area contributed by atoms with Crippen molar-refractivity contribution in [1.82, 2.24) is 10.6 Å². The molecule has 0 saturated carbocycles. The van der Waals surface area contributed by atoms with Gasteiger partial charge < -0.3 is 10.6 Å². The predicted octanol–water partition coefficient (Wildman–Crippen LogP) is 0.807. The summed E-state index contributed by atoms with van der Waals surface area (Å²) in [6, 6.07) is -0.00395. The van der Waals surface area contributed by atoms with Crippen LogP contribution in [-0.2, 0) is 4.79 Å². The molecule has 2 N–H and O–H groups in total. The van der Waals surface area contributed by atoms with Crippen LogP contribution < -0.4 is 10.6 Å². The highest BCUT2D eigenvalue weighted by molar-refractivity contribution is 5.78. The van der Waals surface area contributed by atoms with E-state index in [-0.39, 0.29) is 18.5 Å². The maximum absolute atomic E-state index is 11.7. The van der Waals surface area contributed by atoms with E-state index in [1.165, 1.54) is 0 Å². The molecule has 0 aliphatic carbocycles. The topological polar surface area (TPSA) is 41.1 Å². The molecule has 0 aromatic carbocycles. The van der Waals surface area contributed by atoms with Gasteiger partial charge in [-0.3, -0.25) is 4.79 Å². The molecule has 14 heavy (non-hydrogen) atoms. The Morgan fingerprint density at radius 1 is 1.50 bits per heavy atom. The molecule has 1 fully saturated rings. The molecule has 82 valence electrons. The minimum Gasteiger partial charge on any atom is -0.352 e. The Kier molecular flexibility index (Phi) is 3.74. The summed E-state index contributed by atoms with van der Waals surface area (Å²) in [6.45, 7) is 0.331. The molecule has 3 nitrogen and oxygen atoms in total. The molecule has 0 spiro atoms. The smallest absolute Gasteiger partial charge is 0.352 e. The average Bonchev–Trinajstić information content (AvgIpc) is 2.44. The molecule has 0 bridgehead atoms.